The topological polar surface area (TPSA) is 79.0 Å². The monoisotopic (exact) mass is 358 g/mol. The van der Waals surface area contributed by atoms with Crippen molar-refractivity contribution in [2.75, 3.05) is 24.3 Å². The zero-order chi connectivity index (χ0) is 17.6. The maximum Gasteiger partial charge on any atom is 0.245 e. The third-order valence-corrected chi connectivity index (χ3v) is 3.69. The molecule has 2 aromatic heterocycles. The van der Waals surface area contributed by atoms with Crippen LogP contribution in [0.25, 0.3) is 0 Å². The van der Waals surface area contributed by atoms with E-state index in [1.165, 1.54) is 0 Å². The van der Waals surface area contributed by atoms with Gasteiger partial charge >= 0.3 is 0 Å². The number of hydrogen-bond donors (Lipinski definition) is 2. The molecular weight excluding hydrogens is 340 g/mol. The van der Waals surface area contributed by atoms with E-state index in [0.717, 1.165) is 16.9 Å². The average Bonchev–Trinajstić information content (AvgIpc) is 3.09. The second-order valence-corrected chi connectivity index (χ2v) is 6.07. The minimum atomic E-state index is 0.440. The number of ether oxygens (including phenoxy) is 1. The van der Waals surface area contributed by atoms with Crippen LogP contribution >= 0.6 is 11.6 Å². The minimum Gasteiger partial charge on any atom is -0.488 e. The number of pyridine rings is 1. The van der Waals surface area contributed by atoms with Crippen molar-refractivity contribution in [3.8, 4) is 5.75 Å². The molecule has 0 saturated carbocycles. The first kappa shape index (κ1) is 17.0. The van der Waals surface area contributed by atoms with Gasteiger partial charge in [0, 0.05) is 49.2 Å². The molecule has 0 amide bonds. The van der Waals surface area contributed by atoms with E-state index in [0.29, 0.717) is 30.1 Å². The van der Waals surface area contributed by atoms with Gasteiger partial charge in [0.15, 0.2) is 0 Å². The molecule has 0 aliphatic heterocycles. The van der Waals surface area contributed by atoms with E-state index in [2.05, 4.69) is 25.5 Å². The summed E-state index contributed by atoms with van der Waals surface area (Å²) in [5.41, 5.74) is 1.93. The van der Waals surface area contributed by atoms with Crippen molar-refractivity contribution in [1.82, 2.24) is 20.2 Å². The summed E-state index contributed by atoms with van der Waals surface area (Å²) in [6, 6.07) is 9.40. The van der Waals surface area contributed by atoms with Gasteiger partial charge in [-0.15, -0.1) is 5.10 Å². The number of nitrogens with one attached hydrogen (secondary N) is 2. The average molecular weight is 359 g/mol. The van der Waals surface area contributed by atoms with Crippen molar-refractivity contribution < 1.29 is 4.74 Å². The van der Waals surface area contributed by atoms with E-state index in [-0.39, 0.29) is 0 Å². The van der Waals surface area contributed by atoms with Crippen molar-refractivity contribution >= 4 is 23.5 Å². The quantitative estimate of drug-likeness (QED) is 0.675. The highest BCUT2D eigenvalue weighted by Gasteiger charge is 2.08. The Labute approximate surface area is 151 Å². The lowest BCUT2D eigenvalue weighted by Crippen LogP contribution is -2.10. The maximum absolute atomic E-state index is 6.13. The minimum absolute atomic E-state index is 0.440. The first-order valence-corrected chi connectivity index (χ1v) is 8.13. The van der Waals surface area contributed by atoms with Gasteiger partial charge in [0.1, 0.15) is 12.4 Å². The van der Waals surface area contributed by atoms with Crippen LogP contribution in [0.2, 0.25) is 5.02 Å². The second kappa shape index (κ2) is 7.85. The normalized spacial score (nSPS) is 10.5. The molecule has 1 aromatic carbocycles. The molecule has 0 unspecified atom stereocenters. The Balaban J connectivity index is 1.68. The lowest BCUT2D eigenvalue weighted by molar-refractivity contribution is 0.303. The predicted molar refractivity (Wildman–Crippen MR) is 98.1 cm³/mol. The van der Waals surface area contributed by atoms with Gasteiger partial charge in [0.05, 0.1) is 0 Å². The molecule has 25 heavy (non-hydrogen) atoms. The Kier molecular flexibility index (Phi) is 5.35. The SMILES string of the molecule is CN(C)c1n[nH]c(NCc2cc(Cl)ccc2OCc2cccnc2)n1. The van der Waals surface area contributed by atoms with Gasteiger partial charge in [0.25, 0.3) is 0 Å². The molecule has 0 atom stereocenters. The Morgan fingerprint density at radius 3 is 2.88 bits per heavy atom. The van der Waals surface area contributed by atoms with Crippen LogP contribution in [0.3, 0.4) is 0 Å². The summed E-state index contributed by atoms with van der Waals surface area (Å²) in [7, 11) is 3.77. The highest BCUT2D eigenvalue weighted by atomic mass is 35.5. The number of benzene rings is 1. The second-order valence-electron chi connectivity index (χ2n) is 5.63. The lowest BCUT2D eigenvalue weighted by atomic mass is 10.2. The summed E-state index contributed by atoms with van der Waals surface area (Å²) < 4.78 is 5.92. The predicted octanol–water partition coefficient (Wildman–Crippen LogP) is 3.11. The van der Waals surface area contributed by atoms with E-state index >= 15 is 0 Å². The Hall–Kier alpha value is -2.80. The number of anilines is 2. The van der Waals surface area contributed by atoms with Crippen LogP contribution in [0.1, 0.15) is 11.1 Å². The molecule has 0 saturated heterocycles. The summed E-state index contributed by atoms with van der Waals surface area (Å²) in [6.45, 7) is 0.945. The molecule has 3 rings (SSSR count). The lowest BCUT2D eigenvalue weighted by Gasteiger charge is -2.12. The number of aromatic amines is 1. The zero-order valence-electron chi connectivity index (χ0n) is 14.0. The van der Waals surface area contributed by atoms with Crippen molar-refractivity contribution in [3.05, 3.63) is 58.9 Å². The van der Waals surface area contributed by atoms with Crippen molar-refractivity contribution in [2.24, 2.45) is 0 Å². The van der Waals surface area contributed by atoms with E-state index in [9.17, 15) is 0 Å². The molecular formula is C17H19ClN6O. The number of H-pyrrole nitrogens is 1. The Morgan fingerprint density at radius 2 is 2.16 bits per heavy atom. The van der Waals surface area contributed by atoms with Gasteiger partial charge in [-0.25, -0.2) is 5.10 Å². The van der Waals surface area contributed by atoms with E-state index in [1.807, 2.05) is 49.3 Å². The smallest absolute Gasteiger partial charge is 0.245 e. The molecule has 2 N–H and O–H groups in total. The van der Waals surface area contributed by atoms with Crippen molar-refractivity contribution in [3.63, 3.8) is 0 Å². The van der Waals surface area contributed by atoms with Crippen LogP contribution < -0.4 is 15.0 Å². The van der Waals surface area contributed by atoms with Crippen LogP contribution in [-0.2, 0) is 13.2 Å². The van der Waals surface area contributed by atoms with Gasteiger partial charge in [-0.3, -0.25) is 4.98 Å². The van der Waals surface area contributed by atoms with E-state index in [4.69, 9.17) is 16.3 Å². The summed E-state index contributed by atoms with van der Waals surface area (Å²) >= 11 is 6.13. The molecule has 0 aliphatic rings. The van der Waals surface area contributed by atoms with Crippen LogP contribution in [0, 0.1) is 0 Å². The zero-order valence-corrected chi connectivity index (χ0v) is 14.8. The van der Waals surface area contributed by atoms with E-state index < -0.39 is 0 Å². The van der Waals surface area contributed by atoms with E-state index in [1.54, 1.807) is 12.4 Å². The van der Waals surface area contributed by atoms with Gasteiger partial charge in [-0.05, 0) is 24.3 Å². The van der Waals surface area contributed by atoms with Crippen molar-refractivity contribution in [2.45, 2.75) is 13.2 Å². The summed E-state index contributed by atoms with van der Waals surface area (Å²) in [5.74, 6) is 1.96. The number of rotatable bonds is 7. The van der Waals surface area contributed by atoms with Gasteiger partial charge in [0.2, 0.25) is 11.9 Å². The summed E-state index contributed by atoms with van der Waals surface area (Å²) in [5, 5.41) is 10.8. The summed E-state index contributed by atoms with van der Waals surface area (Å²) in [4.78, 5) is 10.2. The van der Waals surface area contributed by atoms with Gasteiger partial charge < -0.3 is 15.0 Å². The molecule has 7 nitrogen and oxygen atoms in total. The molecule has 0 spiro atoms. The van der Waals surface area contributed by atoms with Crippen LogP contribution in [0.4, 0.5) is 11.9 Å². The van der Waals surface area contributed by atoms with Crippen molar-refractivity contribution in [1.29, 1.82) is 0 Å². The largest absolute Gasteiger partial charge is 0.488 e. The van der Waals surface area contributed by atoms with Crippen LogP contribution in [-0.4, -0.2) is 34.3 Å². The number of hydrogen-bond acceptors (Lipinski definition) is 6. The number of halogens is 1. The fraction of sp³-hybridized carbons (Fsp3) is 0.235. The Bertz CT molecular complexity index is 821. The summed E-state index contributed by atoms with van der Waals surface area (Å²) in [6.07, 6.45) is 3.52. The number of nitrogens with zero attached hydrogens (tertiary/aromatic N) is 4. The number of aromatic nitrogens is 4. The molecule has 130 valence electrons. The molecule has 8 heteroatoms. The molecule has 0 bridgehead atoms. The fourth-order valence-electron chi connectivity index (χ4n) is 2.18. The first-order valence-electron chi connectivity index (χ1n) is 7.75. The first-order chi connectivity index (χ1) is 12.1. The molecule has 0 fully saturated rings. The molecule has 0 aliphatic carbocycles. The van der Waals surface area contributed by atoms with Gasteiger partial charge in [-0.2, -0.15) is 4.98 Å². The highest BCUT2D eigenvalue weighted by Crippen LogP contribution is 2.24. The standard InChI is InChI=1S/C17H19ClN6O/c1-24(2)17-21-16(22-23-17)20-10-13-8-14(18)5-6-15(13)25-11-12-4-3-7-19-9-12/h3-9H,10-11H2,1-2H3,(H2,20,21,22,23). The van der Waals surface area contributed by atoms with Crippen LogP contribution in [0.5, 0.6) is 5.75 Å². The molecule has 3 aromatic rings. The fourth-order valence-corrected chi connectivity index (χ4v) is 2.38. The Morgan fingerprint density at radius 1 is 1.28 bits per heavy atom. The van der Waals surface area contributed by atoms with Crippen LogP contribution in [0.15, 0.2) is 42.7 Å². The van der Waals surface area contributed by atoms with Gasteiger partial charge in [-0.1, -0.05) is 17.7 Å². The third kappa shape index (κ3) is 4.60. The maximum atomic E-state index is 6.13. The molecule has 2 heterocycles. The third-order valence-electron chi connectivity index (χ3n) is 3.46. The molecule has 0 radical (unpaired) electrons. The highest BCUT2D eigenvalue weighted by molar-refractivity contribution is 6.30.